The Hall–Kier alpha value is -2.58. The normalized spacial score (nSPS) is 22.2. The number of anilines is 3. The van der Waals surface area contributed by atoms with Crippen molar-refractivity contribution in [3.05, 3.63) is 47.8 Å². The zero-order valence-corrected chi connectivity index (χ0v) is 13.1. The van der Waals surface area contributed by atoms with E-state index in [2.05, 4.69) is 39.7 Å². The molecule has 1 aromatic carbocycles. The van der Waals surface area contributed by atoms with E-state index in [1.165, 1.54) is 5.56 Å². The lowest BCUT2D eigenvalue weighted by atomic mass is 9.89. The molecule has 1 fully saturated rings. The summed E-state index contributed by atoms with van der Waals surface area (Å²) >= 11 is 0. The lowest BCUT2D eigenvalue weighted by Crippen LogP contribution is -2.42. The number of piperidine rings is 1. The van der Waals surface area contributed by atoms with Gasteiger partial charge in [-0.25, -0.2) is 0 Å². The molecule has 0 unspecified atom stereocenters. The molecule has 5 nitrogen and oxygen atoms in total. The first-order chi connectivity index (χ1) is 11.3. The van der Waals surface area contributed by atoms with Crippen molar-refractivity contribution in [2.75, 3.05) is 30.4 Å². The number of fused-ring (bicyclic) bond motifs is 3. The predicted molar refractivity (Wildman–Crippen MR) is 91.1 cm³/mol. The SMILES string of the molecule is CN1c2c(C#N)cc(Nc3cccnc3)cc2[C@@H]2CNCC[C@@H]21. The predicted octanol–water partition coefficient (Wildman–Crippen LogP) is 2.59. The quantitative estimate of drug-likeness (QED) is 0.893. The van der Waals surface area contributed by atoms with Crippen LogP contribution in [0.15, 0.2) is 36.7 Å². The summed E-state index contributed by atoms with van der Waals surface area (Å²) in [6, 6.07) is 10.9. The van der Waals surface area contributed by atoms with Gasteiger partial charge >= 0.3 is 0 Å². The number of hydrogen-bond acceptors (Lipinski definition) is 5. The minimum Gasteiger partial charge on any atom is -0.370 e. The van der Waals surface area contributed by atoms with Crippen LogP contribution < -0.4 is 15.5 Å². The van der Waals surface area contributed by atoms with Gasteiger partial charge in [0.05, 0.1) is 23.1 Å². The van der Waals surface area contributed by atoms with Gasteiger partial charge in [-0.3, -0.25) is 4.98 Å². The van der Waals surface area contributed by atoms with Crippen molar-refractivity contribution < 1.29 is 0 Å². The number of benzene rings is 1. The van der Waals surface area contributed by atoms with E-state index in [9.17, 15) is 5.26 Å². The van der Waals surface area contributed by atoms with Gasteiger partial charge in [0, 0.05) is 37.4 Å². The minimum atomic E-state index is 0.450. The highest BCUT2D eigenvalue weighted by atomic mass is 15.2. The first-order valence-electron chi connectivity index (χ1n) is 7.96. The van der Waals surface area contributed by atoms with Gasteiger partial charge in [-0.15, -0.1) is 0 Å². The van der Waals surface area contributed by atoms with E-state index in [0.29, 0.717) is 12.0 Å². The number of nitrogens with one attached hydrogen (secondary N) is 2. The fourth-order valence-electron chi connectivity index (χ4n) is 3.89. The fraction of sp³-hybridized carbons (Fsp3) is 0.333. The summed E-state index contributed by atoms with van der Waals surface area (Å²) in [5, 5.41) is 16.5. The summed E-state index contributed by atoms with van der Waals surface area (Å²) in [5.74, 6) is 0.450. The van der Waals surface area contributed by atoms with Gasteiger partial charge in [0.2, 0.25) is 0 Å². The Balaban J connectivity index is 1.76. The molecule has 0 aliphatic carbocycles. The molecule has 0 spiro atoms. The van der Waals surface area contributed by atoms with Gasteiger partial charge in [0.1, 0.15) is 6.07 Å². The van der Waals surface area contributed by atoms with Crippen molar-refractivity contribution >= 4 is 17.1 Å². The zero-order chi connectivity index (χ0) is 15.8. The Kier molecular flexibility index (Phi) is 3.40. The van der Waals surface area contributed by atoms with Crippen LogP contribution in [0.5, 0.6) is 0 Å². The van der Waals surface area contributed by atoms with Crippen molar-refractivity contribution in [3.63, 3.8) is 0 Å². The van der Waals surface area contributed by atoms with Crippen molar-refractivity contribution in [1.29, 1.82) is 5.26 Å². The maximum absolute atomic E-state index is 9.61. The van der Waals surface area contributed by atoms with Crippen molar-refractivity contribution in [1.82, 2.24) is 10.3 Å². The lowest BCUT2D eigenvalue weighted by Gasteiger charge is -2.31. The van der Waals surface area contributed by atoms with Crippen LogP contribution in [-0.2, 0) is 0 Å². The summed E-state index contributed by atoms with van der Waals surface area (Å²) in [5.41, 5.74) is 5.00. The number of likely N-dealkylation sites (N-methyl/N-ethyl adjacent to an activating group) is 1. The third-order valence-corrected chi connectivity index (χ3v) is 4.91. The maximum atomic E-state index is 9.61. The first kappa shape index (κ1) is 14.0. The highest BCUT2D eigenvalue weighted by Gasteiger charge is 2.39. The number of pyridine rings is 1. The molecule has 3 heterocycles. The smallest absolute Gasteiger partial charge is 0.101 e. The molecule has 0 saturated carbocycles. The maximum Gasteiger partial charge on any atom is 0.101 e. The van der Waals surface area contributed by atoms with Gasteiger partial charge in [0.15, 0.2) is 0 Å². The van der Waals surface area contributed by atoms with Crippen LogP contribution in [-0.4, -0.2) is 31.2 Å². The molecule has 23 heavy (non-hydrogen) atoms. The van der Waals surface area contributed by atoms with Crippen LogP contribution in [0.2, 0.25) is 0 Å². The number of aromatic nitrogens is 1. The first-order valence-corrected chi connectivity index (χ1v) is 7.96. The second-order valence-electron chi connectivity index (χ2n) is 6.22. The Morgan fingerprint density at radius 2 is 2.30 bits per heavy atom. The molecule has 5 heteroatoms. The highest BCUT2D eigenvalue weighted by Crippen LogP contribution is 2.45. The molecule has 116 valence electrons. The summed E-state index contributed by atoms with van der Waals surface area (Å²) < 4.78 is 0. The number of hydrogen-bond donors (Lipinski definition) is 2. The standard InChI is InChI=1S/C18H19N5/c1-23-17-4-6-21-11-16(17)15-8-14(7-12(9-19)18(15)23)22-13-3-2-5-20-10-13/h2-3,5,7-8,10,16-17,21-22H,4,6,11H2,1H3/t16-,17-/m0/s1. The molecule has 1 aromatic heterocycles. The third-order valence-electron chi connectivity index (χ3n) is 4.91. The Labute approximate surface area is 136 Å². The zero-order valence-electron chi connectivity index (χ0n) is 13.1. The molecule has 2 aromatic rings. The molecule has 4 rings (SSSR count). The molecule has 0 amide bonds. The van der Waals surface area contributed by atoms with Gasteiger partial charge in [-0.05, 0) is 42.8 Å². The van der Waals surface area contributed by atoms with Crippen molar-refractivity contribution in [2.45, 2.75) is 18.4 Å². The highest BCUT2D eigenvalue weighted by molar-refractivity contribution is 5.76. The van der Waals surface area contributed by atoms with Crippen LogP contribution in [0.1, 0.15) is 23.5 Å². The summed E-state index contributed by atoms with van der Waals surface area (Å²) in [6.07, 6.45) is 4.66. The lowest BCUT2D eigenvalue weighted by molar-refractivity contribution is 0.413. The number of nitriles is 1. The van der Waals surface area contributed by atoms with Crippen LogP contribution in [0, 0.1) is 11.3 Å². The fourth-order valence-corrected chi connectivity index (χ4v) is 3.89. The molecule has 2 aliphatic rings. The van der Waals surface area contributed by atoms with Crippen LogP contribution >= 0.6 is 0 Å². The number of nitrogens with zero attached hydrogens (tertiary/aromatic N) is 3. The van der Waals surface area contributed by atoms with Crippen LogP contribution in [0.3, 0.4) is 0 Å². The Morgan fingerprint density at radius 3 is 3.09 bits per heavy atom. The average Bonchev–Trinajstić information content (AvgIpc) is 2.88. The van der Waals surface area contributed by atoms with E-state index in [1.807, 2.05) is 18.2 Å². The second kappa shape index (κ2) is 5.56. The van der Waals surface area contributed by atoms with E-state index >= 15 is 0 Å². The van der Waals surface area contributed by atoms with Gasteiger partial charge in [0.25, 0.3) is 0 Å². The van der Waals surface area contributed by atoms with Gasteiger partial charge < -0.3 is 15.5 Å². The van der Waals surface area contributed by atoms with E-state index < -0.39 is 0 Å². The third kappa shape index (κ3) is 2.32. The van der Waals surface area contributed by atoms with E-state index in [-0.39, 0.29) is 0 Å². The largest absolute Gasteiger partial charge is 0.370 e. The van der Waals surface area contributed by atoms with Crippen molar-refractivity contribution in [2.24, 2.45) is 0 Å². The van der Waals surface area contributed by atoms with Crippen molar-refractivity contribution in [3.8, 4) is 6.07 Å². The van der Waals surface area contributed by atoms with E-state index in [0.717, 1.165) is 42.1 Å². The average molecular weight is 305 g/mol. The monoisotopic (exact) mass is 305 g/mol. The Morgan fingerprint density at radius 1 is 1.39 bits per heavy atom. The molecular formula is C18H19N5. The Bertz CT molecular complexity index is 765. The van der Waals surface area contributed by atoms with E-state index in [4.69, 9.17) is 0 Å². The molecule has 1 saturated heterocycles. The molecule has 2 atom stereocenters. The summed E-state index contributed by atoms with van der Waals surface area (Å²) in [7, 11) is 2.11. The minimum absolute atomic E-state index is 0.450. The van der Waals surface area contributed by atoms with Crippen LogP contribution in [0.25, 0.3) is 0 Å². The van der Waals surface area contributed by atoms with E-state index in [1.54, 1.807) is 12.4 Å². The topological polar surface area (TPSA) is 64.0 Å². The molecular weight excluding hydrogens is 286 g/mol. The molecule has 0 bridgehead atoms. The van der Waals surface area contributed by atoms with Crippen LogP contribution in [0.4, 0.5) is 17.1 Å². The summed E-state index contributed by atoms with van der Waals surface area (Å²) in [4.78, 5) is 6.43. The molecule has 0 radical (unpaired) electrons. The number of rotatable bonds is 2. The molecule has 2 aliphatic heterocycles. The second-order valence-corrected chi connectivity index (χ2v) is 6.22. The molecule has 2 N–H and O–H groups in total. The van der Waals surface area contributed by atoms with Gasteiger partial charge in [-0.2, -0.15) is 5.26 Å². The van der Waals surface area contributed by atoms with Gasteiger partial charge in [-0.1, -0.05) is 0 Å². The summed E-state index contributed by atoms with van der Waals surface area (Å²) in [6.45, 7) is 2.02.